The summed E-state index contributed by atoms with van der Waals surface area (Å²) >= 11 is 5.74. The van der Waals surface area contributed by atoms with E-state index in [9.17, 15) is 0 Å². The Hall–Kier alpha value is -1.65. The third-order valence-corrected chi connectivity index (χ3v) is 2.33. The summed E-state index contributed by atoms with van der Waals surface area (Å²) in [5.74, 6) is 0.924. The van der Waals surface area contributed by atoms with Gasteiger partial charge in [0.15, 0.2) is 0 Å². The van der Waals surface area contributed by atoms with Crippen molar-refractivity contribution in [3.05, 3.63) is 46.9 Å². The number of aryl methyl sites for hydroxylation is 1. The van der Waals surface area contributed by atoms with Gasteiger partial charge in [0, 0.05) is 17.3 Å². The molecule has 88 valence electrons. The molecule has 1 heterocycles. The first kappa shape index (κ1) is 11.8. The minimum Gasteiger partial charge on any atom is -0.438 e. The summed E-state index contributed by atoms with van der Waals surface area (Å²) < 4.78 is 5.57. The normalized spacial score (nSPS) is 10.3. The Morgan fingerprint density at radius 3 is 2.76 bits per heavy atom. The van der Waals surface area contributed by atoms with E-state index in [1.54, 1.807) is 25.1 Å². The van der Waals surface area contributed by atoms with Gasteiger partial charge in [-0.1, -0.05) is 18.2 Å². The average molecular weight is 251 g/mol. The zero-order valence-corrected chi connectivity index (χ0v) is 9.98. The first-order valence-electron chi connectivity index (χ1n) is 5.07. The lowest BCUT2D eigenvalue weighted by molar-refractivity contribution is 0.276. The Morgan fingerprint density at radius 2 is 2.06 bits per heavy atom. The highest BCUT2D eigenvalue weighted by Crippen LogP contribution is 2.24. The minimum atomic E-state index is -0.0893. The molecule has 4 nitrogen and oxygen atoms in total. The van der Waals surface area contributed by atoms with Gasteiger partial charge >= 0.3 is 0 Å². The molecule has 1 aromatic heterocycles. The van der Waals surface area contributed by atoms with E-state index in [0.29, 0.717) is 17.2 Å². The molecule has 0 atom stereocenters. The zero-order valence-electron chi connectivity index (χ0n) is 9.22. The lowest BCUT2D eigenvalue weighted by Gasteiger charge is -2.08. The van der Waals surface area contributed by atoms with Crippen molar-refractivity contribution in [2.45, 2.75) is 13.5 Å². The highest BCUT2D eigenvalue weighted by atomic mass is 35.5. The van der Waals surface area contributed by atoms with Crippen LogP contribution in [-0.2, 0) is 6.61 Å². The van der Waals surface area contributed by atoms with Gasteiger partial charge < -0.3 is 9.84 Å². The number of ether oxygens (including phenoxy) is 1. The molecule has 0 saturated heterocycles. The van der Waals surface area contributed by atoms with Gasteiger partial charge in [0.25, 0.3) is 0 Å². The molecule has 5 heteroatoms. The van der Waals surface area contributed by atoms with Crippen LogP contribution in [0.15, 0.2) is 30.3 Å². The molecule has 2 aromatic rings. The fraction of sp³-hybridized carbons (Fsp3) is 0.167. The van der Waals surface area contributed by atoms with Crippen LogP contribution in [-0.4, -0.2) is 15.1 Å². The molecule has 0 aliphatic rings. The van der Waals surface area contributed by atoms with Crippen LogP contribution in [0.3, 0.4) is 0 Å². The molecular weight excluding hydrogens is 240 g/mol. The van der Waals surface area contributed by atoms with Gasteiger partial charge in [-0.2, -0.15) is 4.98 Å². The van der Waals surface area contributed by atoms with Crippen LogP contribution >= 0.6 is 11.6 Å². The molecule has 0 aliphatic heterocycles. The highest BCUT2D eigenvalue weighted by molar-refractivity contribution is 6.28. The molecule has 1 aromatic carbocycles. The Morgan fingerprint density at radius 1 is 1.29 bits per heavy atom. The van der Waals surface area contributed by atoms with Gasteiger partial charge in [-0.3, -0.25) is 0 Å². The number of hydrogen-bond acceptors (Lipinski definition) is 4. The maximum Gasteiger partial charge on any atom is 0.225 e. The van der Waals surface area contributed by atoms with Crippen LogP contribution in [0.25, 0.3) is 0 Å². The van der Waals surface area contributed by atoms with Gasteiger partial charge in [-0.15, -0.1) is 0 Å². The third kappa shape index (κ3) is 2.93. The Bertz CT molecular complexity index is 511. The van der Waals surface area contributed by atoms with Crippen molar-refractivity contribution in [2.75, 3.05) is 0 Å². The van der Waals surface area contributed by atoms with Crippen molar-refractivity contribution in [2.24, 2.45) is 0 Å². The molecule has 0 spiro atoms. The van der Waals surface area contributed by atoms with E-state index in [1.165, 1.54) is 0 Å². The van der Waals surface area contributed by atoms with Gasteiger partial charge in [0.1, 0.15) is 5.75 Å². The largest absolute Gasteiger partial charge is 0.438 e. The van der Waals surface area contributed by atoms with Gasteiger partial charge in [-0.05, 0) is 24.6 Å². The number of rotatable bonds is 3. The van der Waals surface area contributed by atoms with E-state index >= 15 is 0 Å². The quantitative estimate of drug-likeness (QED) is 0.851. The molecule has 0 bridgehead atoms. The Balaban J connectivity index is 2.31. The topological polar surface area (TPSA) is 55.2 Å². The predicted molar refractivity (Wildman–Crippen MR) is 64.2 cm³/mol. The first-order valence-corrected chi connectivity index (χ1v) is 5.44. The maximum absolute atomic E-state index is 9.17. The van der Waals surface area contributed by atoms with Crippen molar-refractivity contribution in [3.63, 3.8) is 0 Å². The summed E-state index contributed by atoms with van der Waals surface area (Å²) in [5, 5.41) is 9.31. The van der Waals surface area contributed by atoms with Crippen molar-refractivity contribution >= 4 is 11.6 Å². The Labute approximate surface area is 104 Å². The number of para-hydroxylation sites is 1. The molecule has 0 amide bonds. The minimum absolute atomic E-state index is 0.0893. The molecule has 1 N–H and O–H groups in total. The molecule has 0 fully saturated rings. The second kappa shape index (κ2) is 5.12. The number of benzene rings is 1. The number of aliphatic hydroxyl groups excluding tert-OH is 1. The monoisotopic (exact) mass is 250 g/mol. The van der Waals surface area contributed by atoms with Crippen LogP contribution in [0, 0.1) is 6.92 Å². The van der Waals surface area contributed by atoms with E-state index < -0.39 is 0 Å². The molecule has 0 aliphatic carbocycles. The molecule has 2 rings (SSSR count). The average Bonchev–Trinajstić information content (AvgIpc) is 2.28. The summed E-state index contributed by atoms with van der Waals surface area (Å²) in [4.78, 5) is 7.90. The molecule has 17 heavy (non-hydrogen) atoms. The second-order valence-corrected chi connectivity index (χ2v) is 3.82. The van der Waals surface area contributed by atoms with E-state index in [-0.39, 0.29) is 11.9 Å². The van der Waals surface area contributed by atoms with Crippen LogP contribution in [0.2, 0.25) is 5.28 Å². The predicted octanol–water partition coefficient (Wildman–Crippen LogP) is 2.72. The Kier molecular flexibility index (Phi) is 3.56. The van der Waals surface area contributed by atoms with Crippen LogP contribution in [0.5, 0.6) is 11.6 Å². The van der Waals surface area contributed by atoms with Gasteiger partial charge in [0.05, 0.1) is 6.61 Å². The lowest BCUT2D eigenvalue weighted by Crippen LogP contribution is -1.95. The van der Waals surface area contributed by atoms with Gasteiger partial charge in [-0.25, -0.2) is 4.98 Å². The second-order valence-electron chi connectivity index (χ2n) is 3.48. The first-order chi connectivity index (χ1) is 8.19. The molecule has 0 unspecified atom stereocenters. The summed E-state index contributed by atoms with van der Waals surface area (Å²) in [6.07, 6.45) is 0. The summed E-state index contributed by atoms with van der Waals surface area (Å²) in [7, 11) is 0. The zero-order chi connectivity index (χ0) is 12.3. The molecule has 0 radical (unpaired) electrons. The number of nitrogens with zero attached hydrogens (tertiary/aromatic N) is 2. The summed E-state index contributed by atoms with van der Waals surface area (Å²) in [6.45, 7) is 1.71. The van der Waals surface area contributed by atoms with Gasteiger partial charge in [0.2, 0.25) is 11.2 Å². The maximum atomic E-state index is 9.17. The third-order valence-electron chi connectivity index (χ3n) is 2.16. The smallest absolute Gasteiger partial charge is 0.225 e. The lowest BCUT2D eigenvalue weighted by atomic mass is 10.2. The number of hydrogen-bond donors (Lipinski definition) is 1. The number of halogens is 1. The van der Waals surface area contributed by atoms with E-state index in [1.807, 2.05) is 12.1 Å². The van der Waals surface area contributed by atoms with Crippen LogP contribution < -0.4 is 4.74 Å². The standard InChI is InChI=1S/C12H11ClN2O2/c1-8-6-11(15-12(13)14-8)17-10-5-3-2-4-9(10)7-16/h2-6,16H,7H2,1H3. The van der Waals surface area contributed by atoms with Crippen molar-refractivity contribution in [3.8, 4) is 11.6 Å². The highest BCUT2D eigenvalue weighted by Gasteiger charge is 2.06. The van der Waals surface area contributed by atoms with Crippen molar-refractivity contribution < 1.29 is 9.84 Å². The van der Waals surface area contributed by atoms with Crippen molar-refractivity contribution in [1.29, 1.82) is 0 Å². The number of aromatic nitrogens is 2. The van der Waals surface area contributed by atoms with Crippen molar-refractivity contribution in [1.82, 2.24) is 9.97 Å². The van der Waals surface area contributed by atoms with E-state index in [2.05, 4.69) is 9.97 Å². The number of aliphatic hydroxyl groups is 1. The van der Waals surface area contributed by atoms with E-state index in [4.69, 9.17) is 21.4 Å². The van der Waals surface area contributed by atoms with E-state index in [0.717, 1.165) is 5.69 Å². The fourth-order valence-corrected chi connectivity index (χ4v) is 1.62. The summed E-state index contributed by atoms with van der Waals surface area (Å²) in [5.41, 5.74) is 1.42. The summed E-state index contributed by atoms with van der Waals surface area (Å²) in [6, 6.07) is 8.88. The molecule has 0 saturated carbocycles. The van der Waals surface area contributed by atoms with Crippen LogP contribution in [0.1, 0.15) is 11.3 Å². The fourth-order valence-electron chi connectivity index (χ4n) is 1.40. The SMILES string of the molecule is Cc1cc(Oc2ccccc2CO)nc(Cl)n1. The molecular formula is C12H11ClN2O2. The van der Waals surface area contributed by atoms with Crippen LogP contribution in [0.4, 0.5) is 0 Å².